The van der Waals surface area contributed by atoms with Crippen molar-refractivity contribution in [3.63, 3.8) is 0 Å². The zero-order chi connectivity index (χ0) is 15.5. The number of nitrogens with zero attached hydrogens (tertiary/aromatic N) is 2. The highest BCUT2D eigenvalue weighted by atomic mass is 32.2. The zero-order valence-electron chi connectivity index (χ0n) is 10.9. The molecule has 1 aromatic carbocycles. The van der Waals surface area contributed by atoms with Crippen LogP contribution >= 0.6 is 11.3 Å². The third kappa shape index (κ3) is 3.11. The van der Waals surface area contributed by atoms with Crippen LogP contribution in [-0.4, -0.2) is 19.9 Å². The Hall–Kier alpha value is -2.19. The number of benzene rings is 1. The minimum atomic E-state index is -3.76. The van der Waals surface area contributed by atoms with E-state index in [0.29, 0.717) is 0 Å². The van der Waals surface area contributed by atoms with Crippen LogP contribution in [0.2, 0.25) is 0 Å². The van der Waals surface area contributed by atoms with Crippen LogP contribution in [0.15, 0.2) is 58.6 Å². The van der Waals surface area contributed by atoms with E-state index in [4.69, 9.17) is 0 Å². The number of anilines is 1. The maximum absolute atomic E-state index is 12.6. The minimum Gasteiger partial charge on any atom is -0.262 e. The van der Waals surface area contributed by atoms with Crippen LogP contribution in [0.3, 0.4) is 0 Å². The topological polar surface area (TPSA) is 80.5 Å². The van der Waals surface area contributed by atoms with E-state index in [1.807, 2.05) is 0 Å². The van der Waals surface area contributed by atoms with Gasteiger partial charge in [-0.15, -0.1) is 17.9 Å². The monoisotopic (exact) mass is 324 g/mol. The van der Waals surface area contributed by atoms with Gasteiger partial charge in [-0.25, -0.2) is 8.42 Å². The fraction of sp³-hybridized carbons (Fsp3) is 0.0769. The molecule has 0 unspecified atom stereocenters. The predicted octanol–water partition coefficient (Wildman–Crippen LogP) is 3.04. The fourth-order valence-corrected chi connectivity index (χ4v) is 4.27. The van der Waals surface area contributed by atoms with Gasteiger partial charge in [0.05, 0.1) is 17.2 Å². The van der Waals surface area contributed by atoms with Crippen molar-refractivity contribution >= 4 is 32.7 Å². The van der Waals surface area contributed by atoms with Crippen molar-refractivity contribution in [3.05, 3.63) is 64.5 Å². The molecule has 0 amide bonds. The number of thiophene rings is 1. The SMILES string of the molecule is C=CCN(c1cccc([N+](=O)[O-])c1)S(=O)(=O)c1cccs1. The van der Waals surface area contributed by atoms with Crippen LogP contribution in [0.1, 0.15) is 0 Å². The summed E-state index contributed by atoms with van der Waals surface area (Å²) < 4.78 is 26.4. The van der Waals surface area contributed by atoms with Gasteiger partial charge in [0.1, 0.15) is 4.21 Å². The molecule has 0 N–H and O–H groups in total. The Morgan fingerprint density at radius 3 is 2.67 bits per heavy atom. The molecule has 0 saturated heterocycles. The maximum atomic E-state index is 12.6. The Kier molecular flexibility index (Phi) is 4.39. The number of sulfonamides is 1. The lowest BCUT2D eigenvalue weighted by Gasteiger charge is -2.22. The molecule has 110 valence electrons. The largest absolute Gasteiger partial charge is 0.274 e. The average Bonchev–Trinajstić information content (AvgIpc) is 2.99. The van der Waals surface area contributed by atoms with Crippen LogP contribution < -0.4 is 4.31 Å². The molecule has 0 aliphatic carbocycles. The van der Waals surface area contributed by atoms with Crippen molar-refractivity contribution < 1.29 is 13.3 Å². The van der Waals surface area contributed by atoms with Gasteiger partial charge in [-0.3, -0.25) is 14.4 Å². The summed E-state index contributed by atoms with van der Waals surface area (Å²) in [6, 6.07) is 8.64. The van der Waals surface area contributed by atoms with Gasteiger partial charge < -0.3 is 0 Å². The Morgan fingerprint density at radius 1 is 1.33 bits per heavy atom. The number of non-ortho nitro benzene ring substituents is 1. The van der Waals surface area contributed by atoms with Crippen molar-refractivity contribution in [1.29, 1.82) is 0 Å². The molecule has 0 aliphatic rings. The van der Waals surface area contributed by atoms with E-state index in [1.54, 1.807) is 11.4 Å². The number of nitro groups is 1. The molecule has 0 bridgehead atoms. The van der Waals surface area contributed by atoms with Gasteiger partial charge in [0.15, 0.2) is 0 Å². The van der Waals surface area contributed by atoms with Crippen LogP contribution in [0.4, 0.5) is 11.4 Å². The molecule has 1 heterocycles. The number of hydrogen-bond donors (Lipinski definition) is 0. The van der Waals surface area contributed by atoms with E-state index in [9.17, 15) is 18.5 Å². The van der Waals surface area contributed by atoms with Crippen LogP contribution in [0.5, 0.6) is 0 Å². The molecule has 0 radical (unpaired) electrons. The lowest BCUT2D eigenvalue weighted by atomic mass is 10.3. The summed E-state index contributed by atoms with van der Waals surface area (Å²) in [4.78, 5) is 10.3. The zero-order valence-corrected chi connectivity index (χ0v) is 12.5. The third-order valence-electron chi connectivity index (χ3n) is 2.66. The molecule has 8 heteroatoms. The second-order valence-corrected chi connectivity index (χ2v) is 7.07. The molecule has 0 spiro atoms. The molecule has 2 rings (SSSR count). The van der Waals surface area contributed by atoms with E-state index in [-0.39, 0.29) is 22.1 Å². The van der Waals surface area contributed by atoms with Crippen molar-refractivity contribution in [2.75, 3.05) is 10.8 Å². The second-order valence-electron chi connectivity index (χ2n) is 4.03. The second kappa shape index (κ2) is 6.06. The maximum Gasteiger partial charge on any atom is 0.274 e. The summed E-state index contributed by atoms with van der Waals surface area (Å²) >= 11 is 1.09. The van der Waals surface area contributed by atoms with Crippen LogP contribution in [-0.2, 0) is 10.0 Å². The molecule has 21 heavy (non-hydrogen) atoms. The number of nitro benzene ring substituents is 1. The van der Waals surface area contributed by atoms with Crippen molar-refractivity contribution in [3.8, 4) is 0 Å². The van der Waals surface area contributed by atoms with Gasteiger partial charge in [-0.2, -0.15) is 0 Å². The Balaban J connectivity index is 2.51. The van der Waals surface area contributed by atoms with Gasteiger partial charge in [0.2, 0.25) is 0 Å². The molecular formula is C13H12N2O4S2. The Bertz CT molecular complexity index is 754. The van der Waals surface area contributed by atoms with Gasteiger partial charge in [0, 0.05) is 12.1 Å². The fourth-order valence-electron chi connectivity index (χ4n) is 1.74. The van der Waals surface area contributed by atoms with E-state index >= 15 is 0 Å². The van der Waals surface area contributed by atoms with Gasteiger partial charge in [-0.1, -0.05) is 18.2 Å². The standard InChI is InChI=1S/C13H12N2O4S2/c1-2-8-14(21(18,19)13-7-4-9-20-13)11-5-3-6-12(10-11)15(16)17/h2-7,9-10H,1,8H2. The molecular weight excluding hydrogens is 312 g/mol. The molecule has 0 aliphatic heterocycles. The first kappa shape index (κ1) is 15.2. The summed E-state index contributed by atoms with van der Waals surface area (Å²) in [6.07, 6.45) is 1.43. The molecule has 0 atom stereocenters. The van der Waals surface area contributed by atoms with Crippen LogP contribution in [0.25, 0.3) is 0 Å². The Morgan fingerprint density at radius 2 is 2.10 bits per heavy atom. The highest BCUT2D eigenvalue weighted by molar-refractivity contribution is 7.94. The molecule has 6 nitrogen and oxygen atoms in total. The lowest BCUT2D eigenvalue weighted by Crippen LogP contribution is -2.30. The summed E-state index contributed by atoms with van der Waals surface area (Å²) in [5, 5.41) is 12.5. The smallest absolute Gasteiger partial charge is 0.262 e. The van der Waals surface area contributed by atoms with Gasteiger partial charge in [-0.05, 0) is 17.5 Å². The highest BCUT2D eigenvalue weighted by Crippen LogP contribution is 2.28. The van der Waals surface area contributed by atoms with E-state index < -0.39 is 14.9 Å². The predicted molar refractivity (Wildman–Crippen MR) is 82.1 cm³/mol. The summed E-state index contributed by atoms with van der Waals surface area (Å²) in [6.45, 7) is 3.57. The normalized spacial score (nSPS) is 11.0. The molecule has 2 aromatic rings. The first-order chi connectivity index (χ1) is 9.96. The Labute approximate surface area is 126 Å². The van der Waals surface area contributed by atoms with Crippen molar-refractivity contribution in [2.24, 2.45) is 0 Å². The van der Waals surface area contributed by atoms with E-state index in [0.717, 1.165) is 15.6 Å². The molecule has 0 saturated carbocycles. The van der Waals surface area contributed by atoms with Gasteiger partial charge in [0.25, 0.3) is 15.7 Å². The molecule has 1 aromatic heterocycles. The lowest BCUT2D eigenvalue weighted by molar-refractivity contribution is -0.384. The highest BCUT2D eigenvalue weighted by Gasteiger charge is 2.25. The summed E-state index contributed by atoms with van der Waals surface area (Å²) in [7, 11) is -3.76. The number of rotatable bonds is 6. The van der Waals surface area contributed by atoms with E-state index in [2.05, 4.69) is 6.58 Å². The average molecular weight is 324 g/mol. The summed E-state index contributed by atoms with van der Waals surface area (Å²) in [5.74, 6) is 0. The summed E-state index contributed by atoms with van der Waals surface area (Å²) in [5.41, 5.74) is 0.0699. The van der Waals surface area contributed by atoms with E-state index in [1.165, 1.54) is 36.4 Å². The quantitative estimate of drug-likeness (QED) is 0.465. The van der Waals surface area contributed by atoms with Gasteiger partial charge >= 0.3 is 0 Å². The third-order valence-corrected chi connectivity index (χ3v) is 5.83. The van der Waals surface area contributed by atoms with Crippen molar-refractivity contribution in [2.45, 2.75) is 4.21 Å². The first-order valence-electron chi connectivity index (χ1n) is 5.88. The molecule has 0 fully saturated rings. The minimum absolute atomic E-state index is 0.0292. The van der Waals surface area contributed by atoms with Crippen molar-refractivity contribution in [1.82, 2.24) is 0 Å². The first-order valence-corrected chi connectivity index (χ1v) is 8.20. The number of hydrogen-bond acceptors (Lipinski definition) is 5. The van der Waals surface area contributed by atoms with Crippen LogP contribution in [0, 0.1) is 10.1 Å².